The van der Waals surface area contributed by atoms with Gasteiger partial charge in [-0.05, 0) is 76.9 Å². The van der Waals surface area contributed by atoms with Gasteiger partial charge in [0.05, 0.1) is 11.9 Å². The average molecular weight is 547 g/mol. The summed E-state index contributed by atoms with van der Waals surface area (Å²) < 4.78 is 25.6. The van der Waals surface area contributed by atoms with E-state index in [1.807, 2.05) is 11.0 Å². The van der Waals surface area contributed by atoms with E-state index in [0.29, 0.717) is 29.6 Å². The van der Waals surface area contributed by atoms with E-state index in [1.165, 1.54) is 0 Å². The molecule has 1 aromatic carbocycles. The van der Waals surface area contributed by atoms with Crippen molar-refractivity contribution < 1.29 is 13.2 Å². The lowest BCUT2D eigenvalue weighted by molar-refractivity contribution is 0.0707. The highest BCUT2D eigenvalue weighted by Crippen LogP contribution is 2.32. The predicted octanol–water partition coefficient (Wildman–Crippen LogP) is 4.93. The van der Waals surface area contributed by atoms with Gasteiger partial charge in [-0.15, -0.1) is 0 Å². The number of fused-ring (bicyclic) bond motifs is 1. The Morgan fingerprint density at radius 1 is 1.19 bits per heavy atom. The van der Waals surface area contributed by atoms with Crippen molar-refractivity contribution in [3.63, 3.8) is 0 Å². The number of nitrogens with zero attached hydrogens (tertiary/aromatic N) is 3. The van der Waals surface area contributed by atoms with Crippen LogP contribution in [-0.2, 0) is 10.0 Å². The minimum absolute atomic E-state index is 0.0636. The van der Waals surface area contributed by atoms with Crippen molar-refractivity contribution in [2.45, 2.75) is 52.1 Å². The Morgan fingerprint density at radius 2 is 1.89 bits per heavy atom. The Morgan fingerprint density at radius 3 is 2.51 bits per heavy atom. The lowest BCUT2D eigenvalue weighted by Gasteiger charge is -2.39. The molecule has 2 aromatic heterocycles. The maximum absolute atomic E-state index is 13.3. The second-order valence-corrected chi connectivity index (χ2v) is 12.7. The van der Waals surface area contributed by atoms with Gasteiger partial charge in [-0.1, -0.05) is 11.6 Å². The molecule has 11 heteroatoms. The number of piperidine rings is 1. The topological polar surface area (TPSA) is 110 Å². The van der Waals surface area contributed by atoms with Crippen LogP contribution >= 0.6 is 11.6 Å². The Balaban J connectivity index is 1.47. The highest BCUT2D eigenvalue weighted by atomic mass is 35.5. The van der Waals surface area contributed by atoms with E-state index in [9.17, 15) is 13.2 Å². The number of benzene rings is 1. The van der Waals surface area contributed by atoms with Gasteiger partial charge in [0.15, 0.2) is 5.82 Å². The monoisotopic (exact) mass is 546 g/mol. The normalized spacial score (nSPS) is 15.1. The Bertz CT molecular complexity index is 1390. The summed E-state index contributed by atoms with van der Waals surface area (Å²) in [7, 11) is -3.38. The Labute approximate surface area is 223 Å². The van der Waals surface area contributed by atoms with Gasteiger partial charge in [-0.2, -0.15) is 0 Å². The number of likely N-dealkylation sites (tertiary alicyclic amines) is 1. The molecular formula is C26H35ClN6O3S. The smallest absolute Gasteiger partial charge is 0.270 e. The summed E-state index contributed by atoms with van der Waals surface area (Å²) in [6.07, 6.45) is 2.73. The molecule has 1 aliphatic heterocycles. The van der Waals surface area contributed by atoms with Crippen LogP contribution in [0.1, 0.15) is 51.0 Å². The summed E-state index contributed by atoms with van der Waals surface area (Å²) in [5, 5.41) is 4.77. The van der Waals surface area contributed by atoms with E-state index in [0.717, 1.165) is 48.1 Å². The molecular weight excluding hydrogens is 512 g/mol. The first-order valence-corrected chi connectivity index (χ1v) is 14.7. The molecule has 0 spiro atoms. The van der Waals surface area contributed by atoms with E-state index < -0.39 is 10.0 Å². The van der Waals surface area contributed by atoms with Gasteiger partial charge in [0.1, 0.15) is 10.8 Å². The number of anilines is 3. The maximum atomic E-state index is 13.3. The zero-order valence-corrected chi connectivity index (χ0v) is 23.5. The molecule has 0 bridgehead atoms. The van der Waals surface area contributed by atoms with Crippen molar-refractivity contribution in [1.29, 1.82) is 0 Å². The van der Waals surface area contributed by atoms with E-state index >= 15 is 0 Å². The van der Waals surface area contributed by atoms with Gasteiger partial charge in [-0.3, -0.25) is 9.52 Å². The highest BCUT2D eigenvalue weighted by molar-refractivity contribution is 7.92. The number of aromatic amines is 1. The lowest BCUT2D eigenvalue weighted by atomic mass is 10.0. The Kier molecular flexibility index (Phi) is 7.62. The molecule has 1 aliphatic rings. The molecule has 200 valence electrons. The van der Waals surface area contributed by atoms with Gasteiger partial charge in [0.25, 0.3) is 5.91 Å². The number of rotatable bonds is 7. The molecule has 0 saturated carbocycles. The standard InChI is InChI=1S/C26H35ClN6O3S/c1-6-33(24-21(30-26(2,3)4)9-10-23(27)29-24)19-11-13-32(14-12-19)25(34)22-16-17-15-18(31-37(5,35)36)7-8-20(17)28-22/h7-10,15-16,19,28,30-31H,6,11-14H2,1-5H3. The van der Waals surface area contributed by atoms with Crippen LogP contribution in [0.15, 0.2) is 36.4 Å². The summed E-state index contributed by atoms with van der Waals surface area (Å²) in [4.78, 5) is 25.3. The molecule has 37 heavy (non-hydrogen) atoms. The van der Waals surface area contributed by atoms with Crippen molar-refractivity contribution in [2.24, 2.45) is 0 Å². The molecule has 1 saturated heterocycles. The van der Waals surface area contributed by atoms with Gasteiger partial charge in [-0.25, -0.2) is 13.4 Å². The zero-order valence-electron chi connectivity index (χ0n) is 21.9. The van der Waals surface area contributed by atoms with Crippen molar-refractivity contribution in [3.8, 4) is 0 Å². The van der Waals surface area contributed by atoms with Gasteiger partial charge in [0.2, 0.25) is 10.0 Å². The number of H-pyrrole nitrogens is 1. The van der Waals surface area contributed by atoms with Gasteiger partial charge in [0, 0.05) is 47.8 Å². The number of hydrogen-bond donors (Lipinski definition) is 3. The number of halogens is 1. The first-order valence-electron chi connectivity index (χ1n) is 12.4. The molecule has 3 N–H and O–H groups in total. The van der Waals surface area contributed by atoms with Crippen molar-refractivity contribution in [3.05, 3.63) is 47.2 Å². The van der Waals surface area contributed by atoms with Crippen LogP contribution in [0.2, 0.25) is 5.15 Å². The number of pyridine rings is 1. The fraction of sp³-hybridized carbons (Fsp3) is 0.462. The quantitative estimate of drug-likeness (QED) is 0.362. The first kappa shape index (κ1) is 27.1. The number of carbonyl (C=O) groups excluding carboxylic acids is 1. The maximum Gasteiger partial charge on any atom is 0.270 e. The number of aromatic nitrogens is 2. The summed E-state index contributed by atoms with van der Waals surface area (Å²) in [6, 6.07) is 10.9. The summed E-state index contributed by atoms with van der Waals surface area (Å²) in [6.45, 7) is 10.5. The molecule has 1 amide bonds. The Hall–Kier alpha value is -2.98. The second kappa shape index (κ2) is 10.4. The highest BCUT2D eigenvalue weighted by Gasteiger charge is 2.30. The lowest BCUT2D eigenvalue weighted by Crippen LogP contribution is -2.47. The zero-order chi connectivity index (χ0) is 27.0. The fourth-order valence-electron chi connectivity index (χ4n) is 4.80. The molecule has 0 atom stereocenters. The third-order valence-electron chi connectivity index (χ3n) is 6.31. The van der Waals surface area contributed by atoms with Crippen LogP contribution in [0.25, 0.3) is 10.9 Å². The molecule has 1 fully saturated rings. The third-order valence-corrected chi connectivity index (χ3v) is 7.13. The number of carbonyl (C=O) groups is 1. The van der Waals surface area contributed by atoms with Crippen LogP contribution in [0.3, 0.4) is 0 Å². The van der Waals surface area contributed by atoms with Crippen LogP contribution < -0.4 is 14.9 Å². The molecule has 3 aromatic rings. The minimum Gasteiger partial charge on any atom is -0.377 e. The summed E-state index contributed by atoms with van der Waals surface area (Å²) in [5.74, 6) is 0.773. The van der Waals surface area contributed by atoms with Gasteiger partial charge >= 0.3 is 0 Å². The second-order valence-electron chi connectivity index (χ2n) is 10.5. The van der Waals surface area contributed by atoms with Crippen molar-refractivity contribution >= 4 is 55.6 Å². The van der Waals surface area contributed by atoms with E-state index in [4.69, 9.17) is 11.6 Å². The van der Waals surface area contributed by atoms with Crippen LogP contribution in [-0.4, -0.2) is 66.7 Å². The summed E-state index contributed by atoms with van der Waals surface area (Å²) >= 11 is 6.28. The van der Waals surface area contributed by atoms with E-state index in [-0.39, 0.29) is 17.5 Å². The molecule has 0 unspecified atom stereocenters. The summed E-state index contributed by atoms with van der Waals surface area (Å²) in [5.41, 5.74) is 2.55. The number of amides is 1. The van der Waals surface area contributed by atoms with Crippen molar-refractivity contribution in [2.75, 3.05) is 40.8 Å². The van der Waals surface area contributed by atoms with Crippen molar-refractivity contribution in [1.82, 2.24) is 14.9 Å². The minimum atomic E-state index is -3.38. The van der Waals surface area contributed by atoms with Gasteiger partial charge < -0.3 is 20.1 Å². The predicted molar refractivity (Wildman–Crippen MR) is 151 cm³/mol. The number of sulfonamides is 1. The van der Waals surface area contributed by atoms with E-state index in [1.54, 1.807) is 30.3 Å². The first-order chi connectivity index (χ1) is 17.3. The average Bonchev–Trinajstić information content (AvgIpc) is 3.23. The molecule has 0 radical (unpaired) electrons. The van der Waals surface area contributed by atoms with Crippen LogP contribution in [0.5, 0.6) is 0 Å². The van der Waals surface area contributed by atoms with Crippen LogP contribution in [0, 0.1) is 0 Å². The largest absolute Gasteiger partial charge is 0.377 e. The number of hydrogen-bond acceptors (Lipinski definition) is 6. The molecule has 9 nitrogen and oxygen atoms in total. The number of nitrogens with one attached hydrogen (secondary N) is 3. The fourth-order valence-corrected chi connectivity index (χ4v) is 5.50. The SMILES string of the molecule is CCN(c1nc(Cl)ccc1NC(C)(C)C)C1CCN(C(=O)c2cc3cc(NS(C)(=O)=O)ccc3[nH]2)CC1. The van der Waals surface area contributed by atoms with E-state index in [2.05, 4.69) is 52.6 Å². The molecule has 0 aliphatic carbocycles. The molecule has 3 heterocycles. The third kappa shape index (κ3) is 6.67. The molecule has 4 rings (SSSR count). The van der Waals surface area contributed by atoms with Crippen LogP contribution in [0.4, 0.5) is 17.2 Å².